The molecule has 0 aliphatic carbocycles. The summed E-state index contributed by atoms with van der Waals surface area (Å²) in [6.07, 6.45) is 1.23. The molecule has 2 nitrogen and oxygen atoms in total. The molecule has 0 aliphatic heterocycles. The Kier molecular flexibility index (Phi) is 4.28. The predicted octanol–water partition coefficient (Wildman–Crippen LogP) is 3.57. The minimum absolute atomic E-state index is 0.0747. The molecule has 0 saturated heterocycles. The Labute approximate surface area is 111 Å². The Bertz CT molecular complexity index is 513. The molecule has 0 radical (unpaired) electrons. The molecule has 0 amide bonds. The first-order valence-electron chi connectivity index (χ1n) is 5.81. The summed E-state index contributed by atoms with van der Waals surface area (Å²) < 4.78 is 12.9. The zero-order valence-corrected chi connectivity index (χ0v) is 10.8. The number of nitrogens with one attached hydrogen (secondary N) is 1. The third-order valence-electron chi connectivity index (χ3n) is 2.64. The van der Waals surface area contributed by atoms with Crippen LogP contribution in [-0.2, 0) is 0 Å². The lowest BCUT2D eigenvalue weighted by Gasteiger charge is -2.18. The first-order valence-corrected chi connectivity index (χ1v) is 6.19. The van der Waals surface area contributed by atoms with E-state index in [1.54, 1.807) is 6.07 Å². The van der Waals surface area contributed by atoms with E-state index in [0.29, 0.717) is 5.02 Å². The largest absolute Gasteiger partial charge is 0.305 e. The van der Waals surface area contributed by atoms with Crippen LogP contribution in [0.25, 0.3) is 0 Å². The summed E-state index contributed by atoms with van der Waals surface area (Å²) in [5.41, 5.74) is 1.80. The van der Waals surface area contributed by atoms with Crippen molar-refractivity contribution in [3.8, 4) is 0 Å². The van der Waals surface area contributed by atoms with E-state index >= 15 is 0 Å². The van der Waals surface area contributed by atoms with Gasteiger partial charge in [-0.15, -0.1) is 0 Å². The fourth-order valence-electron chi connectivity index (χ4n) is 1.84. The molecule has 18 heavy (non-hydrogen) atoms. The van der Waals surface area contributed by atoms with E-state index in [1.807, 2.05) is 31.2 Å². The fraction of sp³-hybridized carbons (Fsp3) is 0.214. The molecule has 2 rings (SSSR count). The van der Waals surface area contributed by atoms with Crippen LogP contribution < -0.4 is 5.32 Å². The monoisotopic (exact) mass is 264 g/mol. The minimum Gasteiger partial charge on any atom is -0.305 e. The molecule has 1 unspecified atom stereocenters. The quantitative estimate of drug-likeness (QED) is 0.913. The lowest BCUT2D eigenvalue weighted by Crippen LogP contribution is -2.22. The van der Waals surface area contributed by atoms with Crippen LogP contribution in [0.4, 0.5) is 4.39 Å². The molecule has 0 bridgehead atoms. The molecule has 2 aromatic rings. The maximum absolute atomic E-state index is 12.9. The van der Waals surface area contributed by atoms with Gasteiger partial charge in [-0.25, -0.2) is 4.39 Å². The Morgan fingerprint density at radius 2 is 2.17 bits per heavy atom. The molecule has 0 fully saturated rings. The molecule has 1 N–H and O–H groups in total. The average Bonchev–Trinajstić information content (AvgIpc) is 2.37. The van der Waals surface area contributed by atoms with Gasteiger partial charge in [-0.05, 0) is 36.4 Å². The number of halogens is 2. The van der Waals surface area contributed by atoms with Crippen molar-refractivity contribution < 1.29 is 4.39 Å². The molecule has 0 spiro atoms. The van der Waals surface area contributed by atoms with E-state index in [2.05, 4.69) is 10.3 Å². The van der Waals surface area contributed by atoms with Gasteiger partial charge < -0.3 is 5.32 Å². The van der Waals surface area contributed by atoms with Gasteiger partial charge in [-0.1, -0.05) is 30.7 Å². The smallest absolute Gasteiger partial charge is 0.141 e. The molecule has 1 aromatic carbocycles. The van der Waals surface area contributed by atoms with Crippen LogP contribution in [0.1, 0.15) is 24.2 Å². The third kappa shape index (κ3) is 3.06. The summed E-state index contributed by atoms with van der Waals surface area (Å²) in [4.78, 5) is 4.12. The van der Waals surface area contributed by atoms with Gasteiger partial charge in [0, 0.05) is 5.02 Å². The van der Waals surface area contributed by atoms with Gasteiger partial charge in [0.25, 0.3) is 0 Å². The summed E-state index contributed by atoms with van der Waals surface area (Å²) in [5.74, 6) is -0.333. The SMILES string of the molecule is CCNC(c1cccc(Cl)c1)c1ccc(F)cn1. The second kappa shape index (κ2) is 5.94. The zero-order valence-electron chi connectivity index (χ0n) is 10.0. The highest BCUT2D eigenvalue weighted by atomic mass is 35.5. The van der Waals surface area contributed by atoms with Crippen molar-refractivity contribution in [2.75, 3.05) is 6.54 Å². The summed E-state index contributed by atoms with van der Waals surface area (Å²) in [6, 6.07) is 10.6. The van der Waals surface area contributed by atoms with E-state index in [0.717, 1.165) is 17.8 Å². The Morgan fingerprint density at radius 3 is 2.78 bits per heavy atom. The Balaban J connectivity index is 2.36. The first kappa shape index (κ1) is 13.0. The van der Waals surface area contributed by atoms with E-state index in [-0.39, 0.29) is 11.9 Å². The van der Waals surface area contributed by atoms with E-state index < -0.39 is 0 Å². The Hall–Kier alpha value is -1.45. The van der Waals surface area contributed by atoms with Crippen LogP contribution in [0.5, 0.6) is 0 Å². The summed E-state index contributed by atoms with van der Waals surface area (Å²) >= 11 is 5.99. The van der Waals surface area contributed by atoms with Crippen molar-refractivity contribution in [2.24, 2.45) is 0 Å². The van der Waals surface area contributed by atoms with Crippen molar-refractivity contribution in [2.45, 2.75) is 13.0 Å². The van der Waals surface area contributed by atoms with Crippen LogP contribution >= 0.6 is 11.6 Å². The molecule has 1 aromatic heterocycles. The Morgan fingerprint density at radius 1 is 1.33 bits per heavy atom. The van der Waals surface area contributed by atoms with Crippen LogP contribution in [-0.4, -0.2) is 11.5 Å². The van der Waals surface area contributed by atoms with E-state index in [1.165, 1.54) is 12.3 Å². The van der Waals surface area contributed by atoms with Crippen molar-refractivity contribution in [3.05, 3.63) is 64.7 Å². The van der Waals surface area contributed by atoms with E-state index in [9.17, 15) is 4.39 Å². The molecular formula is C14H14ClFN2. The second-order valence-corrected chi connectivity index (χ2v) is 4.38. The van der Waals surface area contributed by atoms with Gasteiger partial charge in [0.1, 0.15) is 5.82 Å². The predicted molar refractivity (Wildman–Crippen MR) is 71.2 cm³/mol. The molecule has 94 valence electrons. The highest BCUT2D eigenvalue weighted by molar-refractivity contribution is 6.30. The molecule has 0 saturated carbocycles. The lowest BCUT2D eigenvalue weighted by molar-refractivity contribution is 0.594. The third-order valence-corrected chi connectivity index (χ3v) is 2.87. The van der Waals surface area contributed by atoms with Crippen LogP contribution in [0, 0.1) is 5.82 Å². The number of hydrogen-bond acceptors (Lipinski definition) is 2. The molecule has 1 heterocycles. The second-order valence-electron chi connectivity index (χ2n) is 3.95. The zero-order chi connectivity index (χ0) is 13.0. The number of aromatic nitrogens is 1. The molecule has 1 atom stereocenters. The topological polar surface area (TPSA) is 24.9 Å². The van der Waals surface area contributed by atoms with Crippen molar-refractivity contribution in [3.63, 3.8) is 0 Å². The number of rotatable bonds is 4. The van der Waals surface area contributed by atoms with Gasteiger partial charge in [0.2, 0.25) is 0 Å². The summed E-state index contributed by atoms with van der Waals surface area (Å²) in [6.45, 7) is 2.80. The molecule has 4 heteroatoms. The average molecular weight is 265 g/mol. The van der Waals surface area contributed by atoms with Crippen molar-refractivity contribution >= 4 is 11.6 Å². The first-order chi connectivity index (χ1) is 8.70. The van der Waals surface area contributed by atoms with Gasteiger partial charge in [0.05, 0.1) is 17.9 Å². The molecule has 0 aliphatic rings. The number of nitrogens with zero attached hydrogens (tertiary/aromatic N) is 1. The maximum Gasteiger partial charge on any atom is 0.141 e. The highest BCUT2D eigenvalue weighted by Gasteiger charge is 2.14. The molecular weight excluding hydrogens is 251 g/mol. The van der Waals surface area contributed by atoms with Crippen LogP contribution in [0.3, 0.4) is 0 Å². The van der Waals surface area contributed by atoms with E-state index in [4.69, 9.17) is 11.6 Å². The standard InChI is InChI=1S/C14H14ClFN2/c1-2-17-14(10-4-3-5-11(15)8-10)13-7-6-12(16)9-18-13/h3-9,14,17H,2H2,1H3. The number of hydrogen-bond donors (Lipinski definition) is 1. The van der Waals surface area contributed by atoms with Gasteiger partial charge in [-0.2, -0.15) is 0 Å². The summed E-state index contributed by atoms with van der Waals surface area (Å²) in [7, 11) is 0. The number of pyridine rings is 1. The van der Waals surface area contributed by atoms with Crippen molar-refractivity contribution in [1.82, 2.24) is 10.3 Å². The minimum atomic E-state index is -0.333. The lowest BCUT2D eigenvalue weighted by atomic mass is 10.0. The van der Waals surface area contributed by atoms with Crippen molar-refractivity contribution in [1.29, 1.82) is 0 Å². The van der Waals surface area contributed by atoms with Crippen LogP contribution in [0.15, 0.2) is 42.6 Å². The maximum atomic E-state index is 12.9. The highest BCUT2D eigenvalue weighted by Crippen LogP contribution is 2.23. The fourth-order valence-corrected chi connectivity index (χ4v) is 2.04. The van der Waals surface area contributed by atoms with Crippen LogP contribution in [0.2, 0.25) is 5.02 Å². The van der Waals surface area contributed by atoms with Gasteiger partial charge in [-0.3, -0.25) is 4.98 Å². The number of benzene rings is 1. The normalized spacial score (nSPS) is 12.4. The van der Waals surface area contributed by atoms with Gasteiger partial charge >= 0.3 is 0 Å². The van der Waals surface area contributed by atoms with Gasteiger partial charge in [0.15, 0.2) is 0 Å². The summed E-state index contributed by atoms with van der Waals surface area (Å²) in [5, 5.41) is 4.00.